The van der Waals surface area contributed by atoms with E-state index in [-0.39, 0.29) is 0 Å². The zero-order chi connectivity index (χ0) is 14.4. The van der Waals surface area contributed by atoms with Crippen LogP contribution in [-0.2, 0) is 0 Å². The molecule has 0 spiro atoms. The second-order valence-corrected chi connectivity index (χ2v) is 5.88. The molecule has 2 rings (SSSR count). The van der Waals surface area contributed by atoms with Gasteiger partial charge in [-0.15, -0.1) is 0 Å². The second-order valence-electron chi connectivity index (χ2n) is 5.88. The van der Waals surface area contributed by atoms with Gasteiger partial charge in [0.25, 0.3) is 0 Å². The van der Waals surface area contributed by atoms with Crippen molar-refractivity contribution >= 4 is 0 Å². The second kappa shape index (κ2) is 7.31. The maximum absolute atomic E-state index is 8.85. The summed E-state index contributed by atoms with van der Waals surface area (Å²) in [6.45, 7) is 3.97. The Labute approximate surface area is 122 Å². The van der Waals surface area contributed by atoms with Crippen LogP contribution in [0.1, 0.15) is 38.2 Å². The van der Waals surface area contributed by atoms with Gasteiger partial charge in [0, 0.05) is 12.6 Å². The first kappa shape index (κ1) is 14.9. The Morgan fingerprint density at radius 3 is 2.75 bits per heavy atom. The number of nitrogens with zero attached hydrogens (tertiary/aromatic N) is 2. The van der Waals surface area contributed by atoms with E-state index in [9.17, 15) is 0 Å². The van der Waals surface area contributed by atoms with Gasteiger partial charge in [-0.05, 0) is 56.8 Å². The zero-order valence-electron chi connectivity index (χ0n) is 12.5. The van der Waals surface area contributed by atoms with Crippen molar-refractivity contribution in [3.05, 3.63) is 29.8 Å². The van der Waals surface area contributed by atoms with Crippen molar-refractivity contribution in [1.29, 1.82) is 5.26 Å². The highest BCUT2D eigenvalue weighted by Crippen LogP contribution is 2.26. The molecule has 3 nitrogen and oxygen atoms in total. The predicted molar refractivity (Wildman–Crippen MR) is 80.7 cm³/mol. The highest BCUT2D eigenvalue weighted by molar-refractivity contribution is 5.36. The van der Waals surface area contributed by atoms with E-state index in [1.165, 1.54) is 25.7 Å². The number of nitriles is 1. The number of benzene rings is 1. The molecule has 1 fully saturated rings. The normalized spacial score (nSPS) is 22.5. The predicted octanol–water partition coefficient (Wildman–Crippen LogP) is 3.45. The lowest BCUT2D eigenvalue weighted by molar-refractivity contribution is 0.145. The Bertz CT molecular complexity index is 458. The molecule has 20 heavy (non-hydrogen) atoms. The van der Waals surface area contributed by atoms with Crippen LogP contribution < -0.4 is 4.74 Å². The lowest BCUT2D eigenvalue weighted by atomic mass is 9.87. The summed E-state index contributed by atoms with van der Waals surface area (Å²) in [5, 5.41) is 8.85. The van der Waals surface area contributed by atoms with Crippen molar-refractivity contribution in [2.45, 2.75) is 38.6 Å². The van der Waals surface area contributed by atoms with Crippen molar-refractivity contribution in [3.8, 4) is 11.8 Å². The van der Waals surface area contributed by atoms with Crippen molar-refractivity contribution in [1.82, 2.24) is 4.90 Å². The van der Waals surface area contributed by atoms with Gasteiger partial charge in [-0.25, -0.2) is 0 Å². The smallest absolute Gasteiger partial charge is 0.120 e. The van der Waals surface area contributed by atoms with Gasteiger partial charge in [0.15, 0.2) is 0 Å². The highest BCUT2D eigenvalue weighted by Gasteiger charge is 2.21. The first-order chi connectivity index (χ1) is 9.69. The quantitative estimate of drug-likeness (QED) is 0.823. The third kappa shape index (κ3) is 4.25. The van der Waals surface area contributed by atoms with Crippen LogP contribution >= 0.6 is 0 Å². The fraction of sp³-hybridized carbons (Fsp3) is 0.588. The zero-order valence-corrected chi connectivity index (χ0v) is 12.5. The number of ether oxygens (including phenoxy) is 1. The molecule has 1 aliphatic carbocycles. The first-order valence-electron chi connectivity index (χ1n) is 7.52. The van der Waals surface area contributed by atoms with Crippen molar-refractivity contribution in [3.63, 3.8) is 0 Å². The van der Waals surface area contributed by atoms with Gasteiger partial charge in [0.2, 0.25) is 0 Å². The molecular formula is C17H24N2O. The van der Waals surface area contributed by atoms with Crippen molar-refractivity contribution in [2.24, 2.45) is 5.92 Å². The summed E-state index contributed by atoms with van der Waals surface area (Å²) in [4.78, 5) is 2.42. The van der Waals surface area contributed by atoms with E-state index in [0.717, 1.165) is 18.2 Å². The molecule has 108 valence electrons. The monoisotopic (exact) mass is 272 g/mol. The van der Waals surface area contributed by atoms with Crippen LogP contribution in [0.2, 0.25) is 0 Å². The molecule has 1 aliphatic rings. The molecule has 0 saturated heterocycles. The van der Waals surface area contributed by atoms with Crippen LogP contribution in [0.15, 0.2) is 24.3 Å². The molecule has 0 amide bonds. The SMILES string of the molecule is CC1CCC(N(C)CCOc2cccc(C#N)c2)CC1. The van der Waals surface area contributed by atoms with Crippen LogP contribution in [0.5, 0.6) is 5.75 Å². The summed E-state index contributed by atoms with van der Waals surface area (Å²) >= 11 is 0. The van der Waals surface area contributed by atoms with E-state index in [4.69, 9.17) is 10.00 Å². The number of hydrogen-bond donors (Lipinski definition) is 0. The molecule has 0 radical (unpaired) electrons. The Kier molecular flexibility index (Phi) is 5.43. The van der Waals surface area contributed by atoms with E-state index in [1.807, 2.05) is 12.1 Å². The number of likely N-dealkylation sites (N-methyl/N-ethyl adjacent to an activating group) is 1. The van der Waals surface area contributed by atoms with Gasteiger partial charge in [0.05, 0.1) is 11.6 Å². The Morgan fingerprint density at radius 2 is 2.05 bits per heavy atom. The summed E-state index contributed by atoms with van der Waals surface area (Å²) in [6, 6.07) is 10.2. The fourth-order valence-electron chi connectivity index (χ4n) is 2.83. The number of rotatable bonds is 5. The van der Waals surface area contributed by atoms with E-state index < -0.39 is 0 Å². The molecule has 1 aromatic carbocycles. The van der Waals surface area contributed by atoms with Gasteiger partial charge < -0.3 is 9.64 Å². The summed E-state index contributed by atoms with van der Waals surface area (Å²) in [7, 11) is 2.19. The minimum atomic E-state index is 0.650. The molecule has 0 heterocycles. The minimum Gasteiger partial charge on any atom is -0.492 e. The maximum atomic E-state index is 8.85. The van der Waals surface area contributed by atoms with Gasteiger partial charge in [-0.2, -0.15) is 5.26 Å². The van der Waals surface area contributed by atoms with Gasteiger partial charge in [0.1, 0.15) is 12.4 Å². The molecule has 1 aromatic rings. The average molecular weight is 272 g/mol. The van der Waals surface area contributed by atoms with E-state index in [0.29, 0.717) is 18.2 Å². The molecule has 0 unspecified atom stereocenters. The van der Waals surface area contributed by atoms with E-state index in [1.54, 1.807) is 12.1 Å². The summed E-state index contributed by atoms with van der Waals surface area (Å²) < 4.78 is 5.74. The summed E-state index contributed by atoms with van der Waals surface area (Å²) in [5.74, 6) is 1.68. The third-order valence-corrected chi connectivity index (χ3v) is 4.28. The van der Waals surface area contributed by atoms with Gasteiger partial charge >= 0.3 is 0 Å². The van der Waals surface area contributed by atoms with Crippen LogP contribution in [0.4, 0.5) is 0 Å². The highest BCUT2D eigenvalue weighted by atomic mass is 16.5. The Morgan fingerprint density at radius 1 is 1.30 bits per heavy atom. The molecule has 0 aromatic heterocycles. The first-order valence-corrected chi connectivity index (χ1v) is 7.52. The molecule has 0 N–H and O–H groups in total. The largest absolute Gasteiger partial charge is 0.492 e. The van der Waals surface area contributed by atoms with Crippen molar-refractivity contribution < 1.29 is 4.74 Å². The molecule has 0 bridgehead atoms. The maximum Gasteiger partial charge on any atom is 0.120 e. The van der Waals surface area contributed by atoms with Crippen molar-refractivity contribution in [2.75, 3.05) is 20.2 Å². The van der Waals surface area contributed by atoms with E-state index in [2.05, 4.69) is 24.9 Å². The van der Waals surface area contributed by atoms with Crippen LogP contribution in [-0.4, -0.2) is 31.1 Å². The molecule has 1 saturated carbocycles. The summed E-state index contributed by atoms with van der Waals surface area (Å²) in [5.41, 5.74) is 0.650. The number of hydrogen-bond acceptors (Lipinski definition) is 3. The molecule has 3 heteroatoms. The lowest BCUT2D eigenvalue weighted by Crippen LogP contribution is -2.37. The fourth-order valence-corrected chi connectivity index (χ4v) is 2.83. The van der Waals surface area contributed by atoms with Crippen LogP contribution in [0, 0.1) is 17.2 Å². The standard InChI is InChI=1S/C17H24N2O/c1-14-6-8-16(9-7-14)19(2)10-11-20-17-5-3-4-15(12-17)13-18/h3-5,12,14,16H,6-11H2,1-2H3. The third-order valence-electron chi connectivity index (χ3n) is 4.28. The molecular weight excluding hydrogens is 248 g/mol. The molecule has 0 atom stereocenters. The van der Waals surface area contributed by atoms with E-state index >= 15 is 0 Å². The summed E-state index contributed by atoms with van der Waals surface area (Å²) in [6.07, 6.45) is 5.31. The molecule has 0 aliphatic heterocycles. The topological polar surface area (TPSA) is 36.3 Å². The van der Waals surface area contributed by atoms with Gasteiger partial charge in [-0.1, -0.05) is 13.0 Å². The van der Waals surface area contributed by atoms with Gasteiger partial charge in [-0.3, -0.25) is 0 Å². The van der Waals surface area contributed by atoms with Crippen LogP contribution in [0.25, 0.3) is 0 Å². The lowest BCUT2D eigenvalue weighted by Gasteiger charge is -2.33. The minimum absolute atomic E-state index is 0.650. The average Bonchev–Trinajstić information content (AvgIpc) is 2.48. The Hall–Kier alpha value is -1.53. The Balaban J connectivity index is 1.73. The van der Waals surface area contributed by atoms with Crippen LogP contribution in [0.3, 0.4) is 0 Å².